The third-order valence-corrected chi connectivity index (χ3v) is 3.29. The number of carboxylic acid groups (broad SMARTS) is 1. The van der Waals surface area contributed by atoms with Crippen LogP contribution in [0.15, 0.2) is 48.5 Å². The summed E-state index contributed by atoms with van der Waals surface area (Å²) < 4.78 is 5.64. The average Bonchev–Trinajstić information content (AvgIpc) is 2.56. The smallest absolute Gasteiger partial charge is 0.337 e. The van der Waals surface area contributed by atoms with Crippen LogP contribution in [0.3, 0.4) is 0 Å². The maximum Gasteiger partial charge on any atom is 0.337 e. The summed E-state index contributed by atoms with van der Waals surface area (Å²) in [4.78, 5) is 23.7. The number of carbonyl (C=O) groups excluding carboxylic acids is 1. The first-order chi connectivity index (χ1) is 11.1. The second kappa shape index (κ2) is 7.98. The van der Waals surface area contributed by atoms with Crippen molar-refractivity contribution in [1.29, 1.82) is 0 Å². The number of ether oxygens (including phenoxy) is 1. The van der Waals surface area contributed by atoms with E-state index in [-0.39, 0.29) is 11.3 Å². The molecule has 0 aromatic heterocycles. The topological polar surface area (TPSA) is 75.6 Å². The van der Waals surface area contributed by atoms with E-state index in [0.29, 0.717) is 17.9 Å². The van der Waals surface area contributed by atoms with Gasteiger partial charge in [0, 0.05) is 0 Å². The second-order valence-corrected chi connectivity index (χ2v) is 5.00. The second-order valence-electron chi connectivity index (χ2n) is 5.00. The molecule has 2 rings (SSSR count). The minimum absolute atomic E-state index is 0.0465. The molecular formula is C18H19NO4. The summed E-state index contributed by atoms with van der Waals surface area (Å²) >= 11 is 0. The molecule has 0 aliphatic carbocycles. The third-order valence-electron chi connectivity index (χ3n) is 3.29. The fourth-order valence-corrected chi connectivity index (χ4v) is 2.07. The van der Waals surface area contributed by atoms with Crippen LogP contribution in [-0.4, -0.2) is 23.6 Å². The average molecular weight is 313 g/mol. The van der Waals surface area contributed by atoms with Gasteiger partial charge in [0.05, 0.1) is 23.4 Å². The molecule has 0 heterocycles. The van der Waals surface area contributed by atoms with Crippen LogP contribution in [0.4, 0.5) is 5.69 Å². The van der Waals surface area contributed by atoms with Crippen molar-refractivity contribution in [1.82, 2.24) is 0 Å². The molecule has 0 saturated heterocycles. The lowest BCUT2D eigenvalue weighted by Gasteiger charge is -2.12. The molecule has 120 valence electrons. The number of amides is 1. The summed E-state index contributed by atoms with van der Waals surface area (Å²) in [5.74, 6) is -0.995. The summed E-state index contributed by atoms with van der Waals surface area (Å²) in [6.07, 6.45) is 1.90. The molecule has 0 atom stereocenters. The number of unbranched alkanes of at least 4 members (excludes halogenated alkanes) is 1. The fourth-order valence-electron chi connectivity index (χ4n) is 2.07. The van der Waals surface area contributed by atoms with Crippen molar-refractivity contribution < 1.29 is 19.4 Å². The van der Waals surface area contributed by atoms with E-state index in [2.05, 4.69) is 12.2 Å². The monoisotopic (exact) mass is 313 g/mol. The largest absolute Gasteiger partial charge is 0.493 e. The Bertz CT molecular complexity index is 697. The van der Waals surface area contributed by atoms with E-state index in [1.54, 1.807) is 42.5 Å². The van der Waals surface area contributed by atoms with Crippen LogP contribution in [0.5, 0.6) is 5.75 Å². The lowest BCUT2D eigenvalue weighted by Crippen LogP contribution is -2.16. The lowest BCUT2D eigenvalue weighted by atomic mass is 10.1. The Kier molecular flexibility index (Phi) is 5.74. The summed E-state index contributed by atoms with van der Waals surface area (Å²) in [5, 5.41) is 11.8. The van der Waals surface area contributed by atoms with Crippen LogP contribution in [0.2, 0.25) is 0 Å². The number of anilines is 1. The maximum absolute atomic E-state index is 12.5. The van der Waals surface area contributed by atoms with Crippen molar-refractivity contribution in [3.05, 3.63) is 59.7 Å². The van der Waals surface area contributed by atoms with E-state index in [9.17, 15) is 14.7 Å². The van der Waals surface area contributed by atoms with Gasteiger partial charge >= 0.3 is 5.97 Å². The van der Waals surface area contributed by atoms with Gasteiger partial charge in [-0.15, -0.1) is 0 Å². The van der Waals surface area contributed by atoms with E-state index >= 15 is 0 Å². The Hall–Kier alpha value is -2.82. The van der Waals surface area contributed by atoms with Gasteiger partial charge in [-0.1, -0.05) is 37.6 Å². The highest BCUT2D eigenvalue weighted by molar-refractivity contribution is 6.09. The Morgan fingerprint density at radius 1 is 1.04 bits per heavy atom. The number of carbonyl (C=O) groups is 2. The number of aromatic carboxylic acids is 1. The zero-order valence-electron chi connectivity index (χ0n) is 12.9. The summed E-state index contributed by atoms with van der Waals surface area (Å²) in [5.41, 5.74) is 0.683. The quantitative estimate of drug-likeness (QED) is 0.762. The minimum atomic E-state index is -1.09. The number of benzene rings is 2. The Labute approximate surface area is 134 Å². The number of nitrogens with one attached hydrogen (secondary N) is 1. The molecule has 5 heteroatoms. The van der Waals surface area contributed by atoms with Crippen LogP contribution in [-0.2, 0) is 0 Å². The van der Waals surface area contributed by atoms with Gasteiger partial charge in [-0.05, 0) is 30.7 Å². The summed E-state index contributed by atoms with van der Waals surface area (Å²) in [7, 11) is 0. The SMILES string of the molecule is CCCCOc1ccccc1C(=O)Nc1ccccc1C(=O)O. The highest BCUT2D eigenvalue weighted by Gasteiger charge is 2.16. The lowest BCUT2D eigenvalue weighted by molar-refractivity contribution is 0.0698. The molecule has 0 unspecified atom stereocenters. The molecule has 0 radical (unpaired) electrons. The van der Waals surface area contributed by atoms with Gasteiger partial charge in [-0.3, -0.25) is 4.79 Å². The van der Waals surface area contributed by atoms with Crippen LogP contribution in [0.1, 0.15) is 40.5 Å². The molecule has 0 saturated carbocycles. The molecule has 1 amide bonds. The normalized spacial score (nSPS) is 10.1. The predicted molar refractivity (Wildman–Crippen MR) is 88.2 cm³/mol. The fraction of sp³-hybridized carbons (Fsp3) is 0.222. The van der Waals surface area contributed by atoms with Gasteiger partial charge in [0.1, 0.15) is 5.75 Å². The molecule has 2 aromatic carbocycles. The van der Waals surface area contributed by atoms with Crippen molar-refractivity contribution in [2.45, 2.75) is 19.8 Å². The van der Waals surface area contributed by atoms with Crippen molar-refractivity contribution in [3.8, 4) is 5.75 Å². The van der Waals surface area contributed by atoms with Crippen LogP contribution in [0.25, 0.3) is 0 Å². The van der Waals surface area contributed by atoms with E-state index in [1.165, 1.54) is 6.07 Å². The van der Waals surface area contributed by atoms with Gasteiger partial charge in [-0.2, -0.15) is 0 Å². The highest BCUT2D eigenvalue weighted by Crippen LogP contribution is 2.21. The molecule has 5 nitrogen and oxygen atoms in total. The van der Waals surface area contributed by atoms with E-state index in [1.807, 2.05) is 0 Å². The molecule has 0 bridgehead atoms. The molecule has 0 spiro atoms. The summed E-state index contributed by atoms with van der Waals surface area (Å²) in [6.45, 7) is 2.59. The number of hydrogen-bond donors (Lipinski definition) is 2. The molecule has 0 aliphatic rings. The van der Waals surface area contributed by atoms with Crippen LogP contribution in [0, 0.1) is 0 Å². The van der Waals surface area contributed by atoms with Crippen LogP contribution < -0.4 is 10.1 Å². The molecular weight excluding hydrogens is 294 g/mol. The van der Waals surface area contributed by atoms with Crippen molar-refractivity contribution in [2.24, 2.45) is 0 Å². The van der Waals surface area contributed by atoms with Crippen molar-refractivity contribution in [2.75, 3.05) is 11.9 Å². The molecule has 0 aliphatic heterocycles. The first-order valence-electron chi connectivity index (χ1n) is 7.49. The molecule has 2 N–H and O–H groups in total. The third kappa shape index (κ3) is 4.32. The van der Waals surface area contributed by atoms with Gasteiger partial charge in [0.2, 0.25) is 0 Å². The number of rotatable bonds is 7. The van der Waals surface area contributed by atoms with Gasteiger partial charge in [0.25, 0.3) is 5.91 Å². The van der Waals surface area contributed by atoms with Gasteiger partial charge in [-0.25, -0.2) is 4.79 Å². The predicted octanol–water partition coefficient (Wildman–Crippen LogP) is 3.82. The molecule has 0 fully saturated rings. The van der Waals surface area contributed by atoms with E-state index in [4.69, 9.17) is 4.74 Å². The molecule has 23 heavy (non-hydrogen) atoms. The highest BCUT2D eigenvalue weighted by atomic mass is 16.5. The van der Waals surface area contributed by atoms with Gasteiger partial charge in [0.15, 0.2) is 0 Å². The zero-order valence-corrected chi connectivity index (χ0v) is 12.9. The maximum atomic E-state index is 12.5. The van der Waals surface area contributed by atoms with E-state index < -0.39 is 11.9 Å². The summed E-state index contributed by atoms with van der Waals surface area (Å²) in [6, 6.07) is 13.2. The number of para-hydroxylation sites is 2. The van der Waals surface area contributed by atoms with Crippen molar-refractivity contribution >= 4 is 17.6 Å². The van der Waals surface area contributed by atoms with Crippen LogP contribution >= 0.6 is 0 Å². The first kappa shape index (κ1) is 16.5. The Morgan fingerprint density at radius 3 is 2.39 bits per heavy atom. The Balaban J connectivity index is 2.20. The number of hydrogen-bond acceptors (Lipinski definition) is 3. The molecule has 2 aromatic rings. The van der Waals surface area contributed by atoms with Gasteiger partial charge < -0.3 is 15.2 Å². The number of carboxylic acids is 1. The van der Waals surface area contributed by atoms with Crippen molar-refractivity contribution in [3.63, 3.8) is 0 Å². The Morgan fingerprint density at radius 2 is 1.70 bits per heavy atom. The first-order valence-corrected chi connectivity index (χ1v) is 7.49. The van der Waals surface area contributed by atoms with E-state index in [0.717, 1.165) is 12.8 Å². The standard InChI is InChI=1S/C18H19NO4/c1-2-3-12-23-16-11-7-5-9-14(16)17(20)19-15-10-6-4-8-13(15)18(21)22/h4-11H,2-3,12H2,1H3,(H,19,20)(H,21,22). The zero-order chi connectivity index (χ0) is 16.7. The minimum Gasteiger partial charge on any atom is -0.493 e.